The molecule has 3 aromatic rings. The van der Waals surface area contributed by atoms with Gasteiger partial charge in [0.2, 0.25) is 0 Å². The number of hydrogen-bond donors (Lipinski definition) is 1. The highest BCUT2D eigenvalue weighted by atomic mass is 16.5. The molecule has 3 aromatic carbocycles. The topological polar surface area (TPSA) is 64.6 Å². The zero-order valence-electron chi connectivity index (χ0n) is 18.2. The average molecular weight is 418 g/mol. The van der Waals surface area contributed by atoms with Crippen LogP contribution in [0.3, 0.4) is 0 Å². The third kappa shape index (κ3) is 5.12. The van der Waals surface area contributed by atoms with Crippen LogP contribution in [0.2, 0.25) is 0 Å². The van der Waals surface area contributed by atoms with Crippen LogP contribution in [0.4, 0.5) is 5.69 Å². The first-order valence-electron chi connectivity index (χ1n) is 10.1. The van der Waals surface area contributed by atoms with Gasteiger partial charge in [0.25, 0.3) is 5.91 Å². The Morgan fingerprint density at radius 1 is 0.839 bits per heavy atom. The molecule has 0 radical (unpaired) electrons. The Hall–Kier alpha value is -3.60. The van der Waals surface area contributed by atoms with E-state index in [0.29, 0.717) is 11.4 Å². The summed E-state index contributed by atoms with van der Waals surface area (Å²) in [7, 11) is 1.30. The number of nitrogens with one attached hydrogen (secondary N) is 1. The number of benzene rings is 3. The summed E-state index contributed by atoms with van der Waals surface area (Å²) in [6.45, 7) is 6.01. The van der Waals surface area contributed by atoms with Crippen LogP contribution in [0, 0.1) is 0 Å². The second kappa shape index (κ2) is 9.47. The number of ether oxygens (including phenoxy) is 2. The molecular formula is C26H27NO4. The van der Waals surface area contributed by atoms with E-state index in [9.17, 15) is 9.59 Å². The smallest absolute Gasteiger partial charge is 0.339 e. The Labute approximate surface area is 183 Å². The number of rotatable bonds is 7. The molecule has 3 rings (SSSR count). The molecule has 0 aliphatic rings. The van der Waals surface area contributed by atoms with Crippen LogP contribution < -0.4 is 10.1 Å². The molecule has 0 fully saturated rings. The molecule has 0 bridgehead atoms. The van der Waals surface area contributed by atoms with Crippen molar-refractivity contribution in [3.05, 3.63) is 95.6 Å². The van der Waals surface area contributed by atoms with Gasteiger partial charge >= 0.3 is 5.97 Å². The Bertz CT molecular complexity index is 1040. The van der Waals surface area contributed by atoms with Gasteiger partial charge in [-0.15, -0.1) is 0 Å². The lowest BCUT2D eigenvalue weighted by Gasteiger charge is -2.26. The van der Waals surface area contributed by atoms with E-state index in [1.54, 1.807) is 31.2 Å². The fourth-order valence-electron chi connectivity index (χ4n) is 3.34. The standard InChI is InChI=1S/C26H27NO4/c1-18(24(28)27-23-13-9-8-12-22(23)25(29)30-4)31-21-16-14-20(15-17-21)26(2,3)19-10-6-5-7-11-19/h5-18H,1-4H3,(H,27,28). The van der Waals surface area contributed by atoms with Crippen molar-refractivity contribution >= 4 is 17.6 Å². The van der Waals surface area contributed by atoms with E-state index in [1.165, 1.54) is 12.7 Å². The van der Waals surface area contributed by atoms with E-state index in [0.717, 1.165) is 5.56 Å². The van der Waals surface area contributed by atoms with Crippen molar-refractivity contribution in [2.75, 3.05) is 12.4 Å². The first kappa shape index (κ1) is 22.1. The van der Waals surface area contributed by atoms with Gasteiger partial charge < -0.3 is 14.8 Å². The minimum atomic E-state index is -0.751. The lowest BCUT2D eigenvalue weighted by atomic mass is 9.78. The summed E-state index contributed by atoms with van der Waals surface area (Å²) in [6.07, 6.45) is -0.751. The van der Waals surface area contributed by atoms with Crippen molar-refractivity contribution in [2.45, 2.75) is 32.3 Å². The second-order valence-corrected chi connectivity index (χ2v) is 7.80. The van der Waals surface area contributed by atoms with Crippen LogP contribution in [-0.4, -0.2) is 25.1 Å². The molecule has 31 heavy (non-hydrogen) atoms. The van der Waals surface area contributed by atoms with Gasteiger partial charge in [0.05, 0.1) is 18.4 Å². The van der Waals surface area contributed by atoms with Gasteiger partial charge in [0, 0.05) is 5.41 Å². The summed E-state index contributed by atoms with van der Waals surface area (Å²) in [5, 5.41) is 2.74. The van der Waals surface area contributed by atoms with Crippen LogP contribution in [0.5, 0.6) is 5.75 Å². The molecule has 0 aliphatic carbocycles. The molecule has 0 aliphatic heterocycles. The van der Waals surface area contributed by atoms with Crippen molar-refractivity contribution < 1.29 is 19.1 Å². The molecular weight excluding hydrogens is 390 g/mol. The number of amides is 1. The van der Waals surface area contributed by atoms with Crippen molar-refractivity contribution in [1.29, 1.82) is 0 Å². The van der Waals surface area contributed by atoms with E-state index in [-0.39, 0.29) is 16.9 Å². The van der Waals surface area contributed by atoms with E-state index in [2.05, 4.69) is 31.3 Å². The lowest BCUT2D eigenvalue weighted by Crippen LogP contribution is -2.30. The van der Waals surface area contributed by atoms with Crippen molar-refractivity contribution in [2.24, 2.45) is 0 Å². The SMILES string of the molecule is COC(=O)c1ccccc1NC(=O)C(C)Oc1ccc(C(C)(C)c2ccccc2)cc1. The number of anilines is 1. The van der Waals surface area contributed by atoms with Gasteiger partial charge in [0.15, 0.2) is 6.10 Å². The molecule has 0 saturated carbocycles. The summed E-state index contributed by atoms with van der Waals surface area (Å²) in [5.41, 5.74) is 2.89. The van der Waals surface area contributed by atoms with Crippen LogP contribution >= 0.6 is 0 Å². The molecule has 1 N–H and O–H groups in total. The van der Waals surface area contributed by atoms with Crippen molar-refractivity contribution in [3.63, 3.8) is 0 Å². The Kier molecular flexibility index (Phi) is 6.75. The van der Waals surface area contributed by atoms with Crippen LogP contribution in [0.1, 0.15) is 42.3 Å². The third-order valence-electron chi connectivity index (χ3n) is 5.34. The predicted molar refractivity (Wildman–Crippen MR) is 122 cm³/mol. The number of carbonyl (C=O) groups excluding carboxylic acids is 2. The first-order valence-corrected chi connectivity index (χ1v) is 10.1. The van der Waals surface area contributed by atoms with Crippen LogP contribution in [-0.2, 0) is 14.9 Å². The number of methoxy groups -OCH3 is 1. The van der Waals surface area contributed by atoms with Crippen LogP contribution in [0.15, 0.2) is 78.9 Å². The molecule has 0 aromatic heterocycles. The van der Waals surface area contributed by atoms with E-state index in [1.807, 2.05) is 42.5 Å². The quantitative estimate of drug-likeness (QED) is 0.536. The highest BCUT2D eigenvalue weighted by Crippen LogP contribution is 2.32. The zero-order valence-corrected chi connectivity index (χ0v) is 18.2. The van der Waals surface area contributed by atoms with E-state index in [4.69, 9.17) is 9.47 Å². The Balaban J connectivity index is 1.68. The van der Waals surface area contributed by atoms with Gasteiger partial charge in [0.1, 0.15) is 5.75 Å². The van der Waals surface area contributed by atoms with E-state index >= 15 is 0 Å². The monoisotopic (exact) mass is 417 g/mol. The molecule has 5 heteroatoms. The maximum Gasteiger partial charge on any atom is 0.339 e. The summed E-state index contributed by atoms with van der Waals surface area (Å²) < 4.78 is 10.6. The summed E-state index contributed by atoms with van der Waals surface area (Å²) in [5.74, 6) is -0.275. The molecule has 160 valence electrons. The highest BCUT2D eigenvalue weighted by Gasteiger charge is 2.23. The first-order chi connectivity index (χ1) is 14.8. The summed E-state index contributed by atoms with van der Waals surface area (Å²) in [4.78, 5) is 24.5. The predicted octanol–water partition coefficient (Wildman–Crippen LogP) is 5.21. The van der Waals surface area contributed by atoms with Crippen molar-refractivity contribution in [3.8, 4) is 5.75 Å². The molecule has 1 amide bonds. The fraction of sp³-hybridized carbons (Fsp3) is 0.231. The molecule has 0 saturated heterocycles. The normalized spacial score (nSPS) is 12.0. The number of carbonyl (C=O) groups is 2. The Morgan fingerprint density at radius 2 is 1.42 bits per heavy atom. The largest absolute Gasteiger partial charge is 0.481 e. The molecule has 1 atom stereocenters. The van der Waals surface area contributed by atoms with Gasteiger partial charge in [-0.2, -0.15) is 0 Å². The van der Waals surface area contributed by atoms with Gasteiger partial charge in [-0.3, -0.25) is 4.79 Å². The van der Waals surface area contributed by atoms with Crippen LogP contribution in [0.25, 0.3) is 0 Å². The average Bonchev–Trinajstić information content (AvgIpc) is 2.79. The van der Waals surface area contributed by atoms with Gasteiger partial charge in [-0.1, -0.05) is 68.4 Å². The lowest BCUT2D eigenvalue weighted by molar-refractivity contribution is -0.122. The second-order valence-electron chi connectivity index (χ2n) is 7.80. The summed E-state index contributed by atoms with van der Waals surface area (Å²) >= 11 is 0. The minimum Gasteiger partial charge on any atom is -0.481 e. The number of esters is 1. The fourth-order valence-corrected chi connectivity index (χ4v) is 3.34. The zero-order chi connectivity index (χ0) is 22.4. The molecule has 0 heterocycles. The third-order valence-corrected chi connectivity index (χ3v) is 5.34. The molecule has 0 spiro atoms. The van der Waals surface area contributed by atoms with Gasteiger partial charge in [-0.05, 0) is 42.3 Å². The van der Waals surface area contributed by atoms with Gasteiger partial charge in [-0.25, -0.2) is 4.79 Å². The molecule has 1 unspecified atom stereocenters. The minimum absolute atomic E-state index is 0.152. The molecule has 5 nitrogen and oxygen atoms in total. The maximum absolute atomic E-state index is 12.6. The van der Waals surface area contributed by atoms with E-state index < -0.39 is 12.1 Å². The Morgan fingerprint density at radius 3 is 2.06 bits per heavy atom. The highest BCUT2D eigenvalue weighted by molar-refractivity contribution is 6.02. The maximum atomic E-state index is 12.6. The van der Waals surface area contributed by atoms with Crippen molar-refractivity contribution in [1.82, 2.24) is 0 Å². The number of para-hydroxylation sites is 1. The summed E-state index contributed by atoms with van der Waals surface area (Å²) in [6, 6.07) is 24.8. The number of hydrogen-bond acceptors (Lipinski definition) is 4.